The zero-order valence-electron chi connectivity index (χ0n) is 5.83. The molecule has 2 rings (SSSR count). The number of aromatic nitrogens is 1. The highest BCUT2D eigenvalue weighted by Gasteiger charge is 2.19. The first kappa shape index (κ1) is 5.98. The Labute approximate surface area is 60.1 Å². The summed E-state index contributed by atoms with van der Waals surface area (Å²) in [7, 11) is 0. The summed E-state index contributed by atoms with van der Waals surface area (Å²) in [5.74, 6) is 0.398. The van der Waals surface area contributed by atoms with Crippen LogP contribution in [-0.4, -0.2) is 16.3 Å². The molecule has 0 saturated heterocycles. The molecule has 1 atom stereocenters. The molecule has 1 aromatic rings. The van der Waals surface area contributed by atoms with E-state index in [0.717, 1.165) is 13.0 Å². The number of nitrogens with zero attached hydrogens (tertiary/aromatic N) is 1. The average molecular weight is 137 g/mol. The van der Waals surface area contributed by atoms with Crippen molar-refractivity contribution in [2.45, 2.75) is 18.9 Å². The van der Waals surface area contributed by atoms with Crippen LogP contribution < -0.4 is 0 Å². The Balaban J connectivity index is 2.34. The Kier molecular flexibility index (Phi) is 1.27. The molecular formula is C8H11NO. The topological polar surface area (TPSA) is 25.2 Å². The number of hydrogen-bond donors (Lipinski definition) is 1. The van der Waals surface area contributed by atoms with E-state index in [2.05, 4.69) is 16.8 Å². The molecule has 10 heavy (non-hydrogen) atoms. The largest absolute Gasteiger partial charge is 0.396 e. The van der Waals surface area contributed by atoms with Gasteiger partial charge in [-0.3, -0.25) is 0 Å². The van der Waals surface area contributed by atoms with Crippen molar-refractivity contribution in [3.63, 3.8) is 0 Å². The summed E-state index contributed by atoms with van der Waals surface area (Å²) in [6.07, 6.45) is 3.18. The highest BCUT2D eigenvalue weighted by atomic mass is 16.3. The van der Waals surface area contributed by atoms with Gasteiger partial charge >= 0.3 is 0 Å². The number of aliphatic hydroxyl groups is 1. The molecule has 0 fully saturated rings. The molecular weight excluding hydrogens is 126 g/mol. The second-order valence-corrected chi connectivity index (χ2v) is 2.79. The van der Waals surface area contributed by atoms with Crippen LogP contribution in [0, 0.1) is 0 Å². The van der Waals surface area contributed by atoms with Crippen molar-refractivity contribution in [3.05, 3.63) is 24.0 Å². The van der Waals surface area contributed by atoms with Crippen LogP contribution in [0.15, 0.2) is 18.3 Å². The summed E-state index contributed by atoms with van der Waals surface area (Å²) in [4.78, 5) is 0. The van der Waals surface area contributed by atoms with Crippen molar-refractivity contribution >= 4 is 0 Å². The molecule has 1 aliphatic rings. The normalized spacial score (nSPS) is 23.1. The van der Waals surface area contributed by atoms with E-state index >= 15 is 0 Å². The smallest absolute Gasteiger partial charge is 0.0514 e. The fourth-order valence-corrected chi connectivity index (χ4v) is 1.63. The van der Waals surface area contributed by atoms with E-state index < -0.39 is 0 Å². The summed E-state index contributed by atoms with van der Waals surface area (Å²) < 4.78 is 2.21. The van der Waals surface area contributed by atoms with Gasteiger partial charge in [0, 0.05) is 24.4 Å². The average Bonchev–Trinajstić information content (AvgIpc) is 2.44. The Bertz CT molecular complexity index is 229. The van der Waals surface area contributed by atoms with Crippen LogP contribution in [0.5, 0.6) is 0 Å². The van der Waals surface area contributed by atoms with E-state index in [0.29, 0.717) is 12.5 Å². The van der Waals surface area contributed by atoms with E-state index in [4.69, 9.17) is 5.11 Å². The van der Waals surface area contributed by atoms with E-state index in [1.54, 1.807) is 0 Å². The van der Waals surface area contributed by atoms with Crippen molar-refractivity contribution in [1.82, 2.24) is 4.57 Å². The molecule has 0 radical (unpaired) electrons. The van der Waals surface area contributed by atoms with Crippen LogP contribution in [0.3, 0.4) is 0 Å². The molecule has 2 heteroatoms. The monoisotopic (exact) mass is 137 g/mol. The lowest BCUT2D eigenvalue weighted by molar-refractivity contribution is 0.265. The number of rotatable bonds is 1. The highest BCUT2D eigenvalue weighted by Crippen LogP contribution is 2.26. The van der Waals surface area contributed by atoms with E-state index in [1.165, 1.54) is 5.69 Å². The maximum atomic E-state index is 8.92. The van der Waals surface area contributed by atoms with Crippen LogP contribution in [0.4, 0.5) is 0 Å². The number of fused-ring (bicyclic) bond motifs is 1. The maximum absolute atomic E-state index is 8.92. The summed E-state index contributed by atoms with van der Waals surface area (Å²) in [6, 6.07) is 4.13. The van der Waals surface area contributed by atoms with Gasteiger partial charge in [-0.1, -0.05) is 0 Å². The maximum Gasteiger partial charge on any atom is 0.0514 e. The first-order valence-corrected chi connectivity index (χ1v) is 3.67. The first-order chi connectivity index (χ1) is 4.92. The molecule has 1 N–H and O–H groups in total. The lowest BCUT2D eigenvalue weighted by atomic mass is 10.1. The molecule has 54 valence electrons. The summed E-state index contributed by atoms with van der Waals surface area (Å²) in [5.41, 5.74) is 1.29. The lowest BCUT2D eigenvalue weighted by Gasteiger charge is -2.01. The minimum atomic E-state index is 0.296. The van der Waals surface area contributed by atoms with Crippen LogP contribution in [-0.2, 0) is 6.54 Å². The predicted octanol–water partition coefficient (Wildman–Crippen LogP) is 0.968. The van der Waals surface area contributed by atoms with Gasteiger partial charge in [-0.15, -0.1) is 0 Å². The fourth-order valence-electron chi connectivity index (χ4n) is 1.63. The molecule has 0 saturated carbocycles. The van der Waals surface area contributed by atoms with Crippen molar-refractivity contribution in [1.29, 1.82) is 0 Å². The van der Waals surface area contributed by atoms with Gasteiger partial charge in [0.05, 0.1) is 6.61 Å². The predicted molar refractivity (Wildman–Crippen MR) is 38.9 cm³/mol. The Morgan fingerprint density at radius 1 is 1.70 bits per heavy atom. The van der Waals surface area contributed by atoms with E-state index in [9.17, 15) is 0 Å². The van der Waals surface area contributed by atoms with Crippen molar-refractivity contribution < 1.29 is 5.11 Å². The quantitative estimate of drug-likeness (QED) is 0.613. The SMILES string of the molecule is OCC1CCn2cccc21. The molecule has 1 aliphatic heterocycles. The van der Waals surface area contributed by atoms with Gasteiger partial charge in [0.1, 0.15) is 0 Å². The zero-order chi connectivity index (χ0) is 6.97. The molecule has 1 aromatic heterocycles. The molecule has 0 bridgehead atoms. The summed E-state index contributed by atoms with van der Waals surface area (Å²) >= 11 is 0. The molecule has 0 aromatic carbocycles. The fraction of sp³-hybridized carbons (Fsp3) is 0.500. The van der Waals surface area contributed by atoms with Gasteiger partial charge in [-0.25, -0.2) is 0 Å². The Hall–Kier alpha value is -0.760. The third-order valence-electron chi connectivity index (χ3n) is 2.22. The molecule has 0 amide bonds. The number of aryl methyl sites for hydroxylation is 1. The van der Waals surface area contributed by atoms with Crippen molar-refractivity contribution in [2.24, 2.45) is 0 Å². The van der Waals surface area contributed by atoms with Crippen LogP contribution >= 0.6 is 0 Å². The minimum absolute atomic E-state index is 0.296. The molecule has 2 heterocycles. The van der Waals surface area contributed by atoms with Gasteiger partial charge in [0.2, 0.25) is 0 Å². The lowest BCUT2D eigenvalue weighted by Crippen LogP contribution is -1.97. The highest BCUT2D eigenvalue weighted by molar-refractivity contribution is 5.16. The molecule has 2 nitrogen and oxygen atoms in total. The van der Waals surface area contributed by atoms with Crippen molar-refractivity contribution in [3.8, 4) is 0 Å². The van der Waals surface area contributed by atoms with Crippen LogP contribution in [0.25, 0.3) is 0 Å². The van der Waals surface area contributed by atoms with E-state index in [-0.39, 0.29) is 0 Å². The first-order valence-electron chi connectivity index (χ1n) is 3.67. The Morgan fingerprint density at radius 3 is 3.40 bits per heavy atom. The van der Waals surface area contributed by atoms with Crippen LogP contribution in [0.2, 0.25) is 0 Å². The van der Waals surface area contributed by atoms with Gasteiger partial charge < -0.3 is 9.67 Å². The van der Waals surface area contributed by atoms with Gasteiger partial charge in [0.15, 0.2) is 0 Å². The third kappa shape index (κ3) is 0.688. The minimum Gasteiger partial charge on any atom is -0.396 e. The summed E-state index contributed by atoms with van der Waals surface area (Å²) in [6.45, 7) is 1.37. The molecule has 0 spiro atoms. The zero-order valence-corrected chi connectivity index (χ0v) is 5.83. The molecule has 1 unspecified atom stereocenters. The van der Waals surface area contributed by atoms with Gasteiger partial charge in [-0.05, 0) is 18.6 Å². The van der Waals surface area contributed by atoms with Gasteiger partial charge in [0.25, 0.3) is 0 Å². The number of aliphatic hydroxyl groups excluding tert-OH is 1. The van der Waals surface area contributed by atoms with Crippen LogP contribution in [0.1, 0.15) is 18.0 Å². The number of hydrogen-bond acceptors (Lipinski definition) is 1. The third-order valence-corrected chi connectivity index (χ3v) is 2.22. The van der Waals surface area contributed by atoms with Gasteiger partial charge in [-0.2, -0.15) is 0 Å². The standard InChI is InChI=1S/C8H11NO/c10-6-7-3-5-9-4-1-2-8(7)9/h1-2,4,7,10H,3,5-6H2. The second-order valence-electron chi connectivity index (χ2n) is 2.79. The summed E-state index contributed by atoms with van der Waals surface area (Å²) in [5, 5.41) is 8.92. The Morgan fingerprint density at radius 2 is 2.60 bits per heavy atom. The molecule has 0 aliphatic carbocycles. The van der Waals surface area contributed by atoms with E-state index in [1.807, 2.05) is 6.07 Å². The second kappa shape index (κ2) is 2.13. The van der Waals surface area contributed by atoms with Crippen molar-refractivity contribution in [2.75, 3.05) is 6.61 Å².